The molecule has 4 aromatic rings. The lowest BCUT2D eigenvalue weighted by Crippen LogP contribution is -2.46. The predicted molar refractivity (Wildman–Crippen MR) is 175 cm³/mol. The highest BCUT2D eigenvalue weighted by atomic mass is 32.2. The Morgan fingerprint density at radius 3 is 2.77 bits per heavy atom. The molecule has 4 saturated heterocycles. The molecule has 10 nitrogen and oxygen atoms in total. The lowest BCUT2D eigenvalue weighted by atomic mass is 9.82. The summed E-state index contributed by atoms with van der Waals surface area (Å²) in [6.07, 6.45) is 4.30. The number of fused-ring (bicyclic) bond motifs is 3. The largest absolute Gasteiger partial charge is 0.508 e. The van der Waals surface area contributed by atoms with Gasteiger partial charge in [-0.05, 0) is 73.2 Å². The van der Waals surface area contributed by atoms with Gasteiger partial charge in [0, 0.05) is 49.8 Å². The first-order valence-corrected chi connectivity index (χ1v) is 18.2. The molecule has 2 aromatic carbocycles. The SMILES string of the molecule is CCc1c(F)ccc2cc(O)cc(-c3ncc4c(N5CCCC6(CNS(=O)(=O)C6)C5)nc(OC[C@@]56CCCN5C[C@H](F)C6)nc4c3F)c12. The molecule has 0 saturated carbocycles. The highest BCUT2D eigenvalue weighted by molar-refractivity contribution is 7.89. The first-order valence-electron chi connectivity index (χ1n) is 16.5. The zero-order valence-electron chi connectivity index (χ0n) is 26.6. The van der Waals surface area contributed by atoms with Gasteiger partial charge in [0.05, 0.1) is 16.7 Å². The fourth-order valence-electron chi connectivity index (χ4n) is 8.61. The van der Waals surface area contributed by atoms with E-state index in [0.29, 0.717) is 79.4 Å². The molecule has 6 heterocycles. The van der Waals surface area contributed by atoms with Gasteiger partial charge in [0.1, 0.15) is 41.4 Å². The van der Waals surface area contributed by atoms with E-state index >= 15 is 4.39 Å². The molecule has 2 N–H and O–H groups in total. The number of hydrogen-bond acceptors (Lipinski definition) is 9. The molecule has 0 bridgehead atoms. The maximum atomic E-state index is 16.9. The lowest BCUT2D eigenvalue weighted by Gasteiger charge is -2.40. The number of phenols is 1. The molecule has 3 atom stereocenters. The van der Waals surface area contributed by atoms with Crippen LogP contribution in [0.1, 0.15) is 44.6 Å². The van der Waals surface area contributed by atoms with Crippen molar-refractivity contribution in [3.8, 4) is 23.0 Å². The molecule has 4 aliphatic heterocycles. The van der Waals surface area contributed by atoms with Gasteiger partial charge < -0.3 is 14.7 Å². The first-order chi connectivity index (χ1) is 23.0. The van der Waals surface area contributed by atoms with Crippen LogP contribution >= 0.6 is 0 Å². The zero-order chi connectivity index (χ0) is 33.4. The van der Waals surface area contributed by atoms with Crippen molar-refractivity contribution < 1.29 is 31.4 Å². The van der Waals surface area contributed by atoms with Crippen molar-refractivity contribution in [3.63, 3.8) is 0 Å². The van der Waals surface area contributed by atoms with Crippen LogP contribution in [0.25, 0.3) is 32.9 Å². The van der Waals surface area contributed by atoms with Crippen LogP contribution in [0.5, 0.6) is 11.8 Å². The second kappa shape index (κ2) is 11.4. The summed E-state index contributed by atoms with van der Waals surface area (Å²) >= 11 is 0. The van der Waals surface area contributed by atoms with E-state index in [2.05, 4.69) is 19.6 Å². The van der Waals surface area contributed by atoms with Crippen LogP contribution in [-0.4, -0.2) is 90.2 Å². The number of ether oxygens (including phenoxy) is 1. The molecule has 0 aliphatic carbocycles. The number of benzene rings is 2. The quantitative estimate of drug-likeness (QED) is 0.294. The summed E-state index contributed by atoms with van der Waals surface area (Å²) in [5, 5.41) is 11.9. The molecule has 1 spiro atoms. The topological polar surface area (TPSA) is 121 Å². The minimum Gasteiger partial charge on any atom is -0.508 e. The number of alkyl halides is 1. The Morgan fingerprint density at radius 2 is 1.98 bits per heavy atom. The number of piperidine rings is 1. The number of rotatable bonds is 6. The number of halogens is 3. The number of nitrogens with zero attached hydrogens (tertiary/aromatic N) is 5. The Kier molecular flexibility index (Phi) is 7.49. The molecular weight excluding hydrogens is 645 g/mol. The number of pyridine rings is 1. The van der Waals surface area contributed by atoms with Gasteiger partial charge in [-0.15, -0.1) is 0 Å². The number of hydrogen-bond donors (Lipinski definition) is 2. The van der Waals surface area contributed by atoms with Gasteiger partial charge in [-0.1, -0.05) is 13.0 Å². The minimum absolute atomic E-state index is 0.0106. The van der Waals surface area contributed by atoms with Crippen LogP contribution in [0.15, 0.2) is 30.5 Å². The molecule has 8 rings (SSSR count). The molecule has 0 amide bonds. The third kappa shape index (κ3) is 5.23. The Balaban J connectivity index is 1.27. The molecule has 4 aliphatic rings. The molecular formula is C34H37F3N6O4S. The number of phenolic OH excluding ortho intramolecular Hbond substituents is 1. The molecule has 2 aromatic heterocycles. The monoisotopic (exact) mass is 682 g/mol. The fourth-order valence-corrected chi connectivity index (χ4v) is 10.4. The average Bonchev–Trinajstić information content (AvgIpc) is 3.68. The number of aromatic hydroxyl groups is 1. The number of sulfonamides is 1. The van der Waals surface area contributed by atoms with Crippen molar-refractivity contribution in [2.24, 2.45) is 5.41 Å². The van der Waals surface area contributed by atoms with Crippen LogP contribution < -0.4 is 14.4 Å². The predicted octanol–water partition coefficient (Wildman–Crippen LogP) is 4.87. The molecule has 0 radical (unpaired) electrons. The normalized spacial score (nSPS) is 27.0. The first kappa shape index (κ1) is 31.5. The van der Waals surface area contributed by atoms with Crippen molar-refractivity contribution in [2.45, 2.75) is 57.2 Å². The molecule has 4 fully saturated rings. The summed E-state index contributed by atoms with van der Waals surface area (Å²) in [6, 6.07) is 5.67. The summed E-state index contributed by atoms with van der Waals surface area (Å²) in [5.74, 6) is -0.997. The summed E-state index contributed by atoms with van der Waals surface area (Å²) in [5.41, 5.74) is -0.609. The van der Waals surface area contributed by atoms with Gasteiger partial charge in [0.15, 0.2) is 5.82 Å². The number of nitrogens with one attached hydrogen (secondary N) is 1. The number of aromatic nitrogens is 3. The Morgan fingerprint density at radius 1 is 1.15 bits per heavy atom. The van der Waals surface area contributed by atoms with Gasteiger partial charge in [0.2, 0.25) is 10.0 Å². The maximum absolute atomic E-state index is 16.9. The van der Waals surface area contributed by atoms with Crippen LogP contribution in [0, 0.1) is 17.0 Å². The van der Waals surface area contributed by atoms with Crippen molar-refractivity contribution in [1.29, 1.82) is 0 Å². The molecule has 48 heavy (non-hydrogen) atoms. The minimum atomic E-state index is -3.40. The van der Waals surface area contributed by atoms with E-state index in [0.717, 1.165) is 19.4 Å². The fraction of sp³-hybridized carbons (Fsp3) is 0.500. The average molecular weight is 683 g/mol. The van der Waals surface area contributed by atoms with Gasteiger partial charge in [-0.3, -0.25) is 9.88 Å². The summed E-state index contributed by atoms with van der Waals surface area (Å²) < 4.78 is 80.2. The van der Waals surface area contributed by atoms with E-state index in [9.17, 15) is 22.3 Å². The summed E-state index contributed by atoms with van der Waals surface area (Å²) in [6.45, 7) is 4.29. The zero-order valence-corrected chi connectivity index (χ0v) is 27.4. The Labute approximate surface area is 276 Å². The van der Waals surface area contributed by atoms with E-state index in [-0.39, 0.29) is 40.9 Å². The van der Waals surface area contributed by atoms with Crippen molar-refractivity contribution >= 4 is 37.5 Å². The highest BCUT2D eigenvalue weighted by Gasteiger charge is 2.50. The standard InChI is InChI=1S/C34H37F3N6O4S/c1-2-23-26(36)6-5-20-11-22(44)12-24(27(20)23)29-28(37)30-25(14-38-29)31(42-9-3-7-33(17-42)16-39-48(45,46)19-33)41-32(40-30)47-18-34-8-4-10-43(34)15-21(35)13-34/h5-6,11-12,14,21,39,44H,2-4,7-10,13,15-19H2,1H3/t21-,33?,34+/m1/s1. The van der Waals surface area contributed by atoms with Crippen molar-refractivity contribution in [3.05, 3.63) is 47.7 Å². The van der Waals surface area contributed by atoms with Crippen molar-refractivity contribution in [2.75, 3.05) is 50.0 Å². The van der Waals surface area contributed by atoms with Crippen LogP contribution in [0.3, 0.4) is 0 Å². The van der Waals surface area contributed by atoms with E-state index in [1.54, 1.807) is 13.0 Å². The number of aryl methyl sites for hydroxylation is 1. The Bertz CT molecular complexity index is 2070. The second-order valence-electron chi connectivity index (χ2n) is 14.0. The highest BCUT2D eigenvalue weighted by Crippen LogP contribution is 2.43. The molecule has 254 valence electrons. The number of anilines is 1. The van der Waals surface area contributed by atoms with Crippen molar-refractivity contribution in [1.82, 2.24) is 24.6 Å². The van der Waals surface area contributed by atoms with Crippen LogP contribution in [-0.2, 0) is 16.4 Å². The van der Waals surface area contributed by atoms with E-state index in [1.807, 2.05) is 4.90 Å². The van der Waals surface area contributed by atoms with Gasteiger partial charge in [0.25, 0.3) is 0 Å². The second-order valence-corrected chi connectivity index (χ2v) is 15.8. The smallest absolute Gasteiger partial charge is 0.319 e. The van der Waals surface area contributed by atoms with E-state index in [4.69, 9.17) is 9.72 Å². The third-order valence-corrected chi connectivity index (χ3v) is 12.3. The van der Waals surface area contributed by atoms with Crippen LogP contribution in [0.4, 0.5) is 19.0 Å². The third-order valence-electron chi connectivity index (χ3n) is 10.8. The molecule has 1 unspecified atom stereocenters. The summed E-state index contributed by atoms with van der Waals surface area (Å²) in [7, 11) is -3.40. The van der Waals surface area contributed by atoms with E-state index < -0.39 is 38.8 Å². The Hall–Kier alpha value is -3.75. The molecule has 14 heteroatoms. The van der Waals surface area contributed by atoms with E-state index in [1.165, 1.54) is 24.4 Å². The van der Waals surface area contributed by atoms with Gasteiger partial charge in [-0.25, -0.2) is 26.3 Å². The lowest BCUT2D eigenvalue weighted by molar-refractivity contribution is 0.107. The summed E-state index contributed by atoms with van der Waals surface area (Å²) in [4.78, 5) is 17.9. The van der Waals surface area contributed by atoms with Gasteiger partial charge in [-0.2, -0.15) is 9.97 Å². The maximum Gasteiger partial charge on any atom is 0.319 e. The van der Waals surface area contributed by atoms with Gasteiger partial charge >= 0.3 is 6.01 Å². The van der Waals surface area contributed by atoms with Crippen LogP contribution in [0.2, 0.25) is 0 Å².